The zero-order valence-corrected chi connectivity index (χ0v) is 20.2. The largest absolute Gasteiger partial charge is 0.427 e. The quantitative estimate of drug-likeness (QED) is 0.698. The van der Waals surface area contributed by atoms with Crippen LogP contribution in [-0.2, 0) is 19.9 Å². The summed E-state index contributed by atoms with van der Waals surface area (Å²) in [5.74, 6) is 1.20. The third kappa shape index (κ3) is 4.92. The van der Waals surface area contributed by atoms with Crippen LogP contribution < -0.4 is 16.5 Å². The number of piperidine rings is 1. The fourth-order valence-corrected chi connectivity index (χ4v) is 4.43. The average Bonchev–Trinajstić information content (AvgIpc) is 2.95. The Hall–Kier alpha value is -2.16. The lowest BCUT2D eigenvalue weighted by Gasteiger charge is -2.23. The molecule has 32 heavy (non-hydrogen) atoms. The van der Waals surface area contributed by atoms with Gasteiger partial charge in [0, 0.05) is 38.0 Å². The zero-order chi connectivity index (χ0) is 21.4. The van der Waals surface area contributed by atoms with Crippen LogP contribution in [0, 0.1) is 13.8 Å². The number of fused-ring (bicyclic) bond motifs is 1. The molecule has 0 aromatic carbocycles. The van der Waals surface area contributed by atoms with Crippen molar-refractivity contribution in [3.8, 4) is 0 Å². The second-order valence-electron chi connectivity index (χ2n) is 8.26. The molecule has 0 bridgehead atoms. The number of amides is 1. The van der Waals surface area contributed by atoms with Crippen LogP contribution >= 0.6 is 24.8 Å². The van der Waals surface area contributed by atoms with E-state index in [1.54, 1.807) is 25.8 Å². The van der Waals surface area contributed by atoms with Gasteiger partial charge in [-0.2, -0.15) is 0 Å². The minimum Gasteiger partial charge on any atom is -0.427 e. The first-order valence-corrected chi connectivity index (χ1v) is 10.6. The molecule has 2 aliphatic heterocycles. The number of aryl methyl sites for hydroxylation is 2. The van der Waals surface area contributed by atoms with Crippen LogP contribution in [-0.4, -0.2) is 46.5 Å². The van der Waals surface area contributed by atoms with E-state index in [2.05, 4.69) is 10.3 Å². The average molecular weight is 485 g/mol. The Kier molecular flexibility index (Phi) is 8.67. The molecule has 8 nitrogen and oxygen atoms in total. The number of nitrogens with zero attached hydrogens (tertiary/aromatic N) is 3. The first kappa shape index (κ1) is 26.1. The van der Waals surface area contributed by atoms with E-state index < -0.39 is 5.63 Å². The van der Waals surface area contributed by atoms with Crippen molar-refractivity contribution in [2.45, 2.75) is 45.4 Å². The van der Waals surface area contributed by atoms with Crippen LogP contribution in [0.5, 0.6) is 0 Å². The molecule has 1 N–H and O–H groups in total. The van der Waals surface area contributed by atoms with E-state index in [0.29, 0.717) is 48.6 Å². The first-order chi connectivity index (χ1) is 14.4. The Balaban J connectivity index is 0.00000181. The van der Waals surface area contributed by atoms with Crippen molar-refractivity contribution in [1.29, 1.82) is 0 Å². The molecule has 4 heterocycles. The van der Waals surface area contributed by atoms with Crippen LogP contribution in [0.2, 0.25) is 0 Å². The molecule has 0 saturated carbocycles. The second-order valence-corrected chi connectivity index (χ2v) is 8.26. The lowest BCUT2D eigenvalue weighted by molar-refractivity contribution is 0.0756. The van der Waals surface area contributed by atoms with E-state index in [1.165, 1.54) is 4.57 Å². The molecule has 1 fully saturated rings. The predicted molar refractivity (Wildman–Crippen MR) is 127 cm³/mol. The van der Waals surface area contributed by atoms with E-state index in [4.69, 9.17) is 4.42 Å². The van der Waals surface area contributed by atoms with Gasteiger partial charge in [0.25, 0.3) is 11.5 Å². The second kappa shape index (κ2) is 10.6. The number of halogens is 2. The molecule has 0 atom stereocenters. The fraction of sp³-hybridized carbons (Fsp3) is 0.545. The van der Waals surface area contributed by atoms with E-state index in [-0.39, 0.29) is 47.8 Å². The van der Waals surface area contributed by atoms with Crippen LogP contribution in [0.4, 0.5) is 0 Å². The van der Waals surface area contributed by atoms with Crippen molar-refractivity contribution in [2.24, 2.45) is 7.05 Å². The third-order valence-corrected chi connectivity index (χ3v) is 6.35. The lowest BCUT2D eigenvalue weighted by Crippen LogP contribution is -2.37. The topological polar surface area (TPSA) is 97.4 Å². The van der Waals surface area contributed by atoms with Crippen molar-refractivity contribution in [1.82, 2.24) is 19.8 Å². The van der Waals surface area contributed by atoms with Crippen molar-refractivity contribution in [2.75, 3.05) is 26.2 Å². The standard InChI is InChI=1S/C22H28N4O4.2ClH/c1-13-12-18(15-4-8-23-9-5-15)30-22(29)19(13)21(28)26-10-6-16-17(7-11-26)24-14(2)25(3)20(16)27;;/h12,15,23H,4-11H2,1-3H3;2*1H. The van der Waals surface area contributed by atoms with Gasteiger partial charge >= 0.3 is 5.63 Å². The first-order valence-electron chi connectivity index (χ1n) is 10.6. The van der Waals surface area contributed by atoms with E-state index in [0.717, 1.165) is 31.6 Å². The molecule has 1 amide bonds. The molecule has 4 rings (SSSR count). The van der Waals surface area contributed by atoms with Crippen molar-refractivity contribution >= 4 is 30.7 Å². The monoisotopic (exact) mass is 484 g/mol. The summed E-state index contributed by atoms with van der Waals surface area (Å²) in [6.07, 6.45) is 2.76. The minimum absolute atomic E-state index is 0. The van der Waals surface area contributed by atoms with Gasteiger partial charge in [-0.1, -0.05) is 0 Å². The third-order valence-electron chi connectivity index (χ3n) is 6.35. The molecule has 2 aromatic rings. The highest BCUT2D eigenvalue weighted by Gasteiger charge is 2.28. The fourth-order valence-electron chi connectivity index (χ4n) is 4.43. The number of aromatic nitrogens is 2. The highest BCUT2D eigenvalue weighted by Crippen LogP contribution is 2.26. The molecular formula is C22H30Cl2N4O4. The number of hydrogen-bond donors (Lipinski definition) is 1. The SMILES string of the molecule is Cc1cc(C2CCNCC2)oc(=O)c1C(=O)N1CCc2nc(C)n(C)c(=O)c2CC1.Cl.Cl. The maximum absolute atomic E-state index is 13.2. The highest BCUT2D eigenvalue weighted by atomic mass is 35.5. The normalized spacial score (nSPS) is 16.4. The summed E-state index contributed by atoms with van der Waals surface area (Å²) in [5.41, 5.74) is 1.51. The van der Waals surface area contributed by atoms with Crippen LogP contribution in [0.1, 0.15) is 57.5 Å². The van der Waals surface area contributed by atoms with Crippen LogP contribution in [0.3, 0.4) is 0 Å². The number of carbonyl (C=O) groups excluding carboxylic acids is 1. The van der Waals surface area contributed by atoms with Gasteiger partial charge in [-0.25, -0.2) is 9.78 Å². The molecule has 2 aromatic heterocycles. The van der Waals surface area contributed by atoms with Gasteiger partial charge in [-0.3, -0.25) is 14.2 Å². The maximum Gasteiger partial charge on any atom is 0.349 e. The van der Waals surface area contributed by atoms with Crippen LogP contribution in [0.15, 0.2) is 20.1 Å². The van der Waals surface area contributed by atoms with E-state index >= 15 is 0 Å². The Morgan fingerprint density at radius 3 is 2.44 bits per heavy atom. The maximum atomic E-state index is 13.2. The number of nitrogens with one attached hydrogen (secondary N) is 1. The molecule has 1 saturated heterocycles. The van der Waals surface area contributed by atoms with Crippen molar-refractivity contribution in [3.63, 3.8) is 0 Å². The molecule has 0 radical (unpaired) electrons. The van der Waals surface area contributed by atoms with Crippen molar-refractivity contribution < 1.29 is 9.21 Å². The molecule has 10 heteroatoms. The van der Waals surface area contributed by atoms with Crippen LogP contribution in [0.25, 0.3) is 0 Å². The Morgan fingerprint density at radius 2 is 1.78 bits per heavy atom. The molecular weight excluding hydrogens is 455 g/mol. The van der Waals surface area contributed by atoms with Gasteiger partial charge in [0.1, 0.15) is 17.1 Å². The molecule has 0 unspecified atom stereocenters. The summed E-state index contributed by atoms with van der Waals surface area (Å²) in [5, 5.41) is 3.30. The number of rotatable bonds is 2. The molecule has 0 aliphatic carbocycles. The molecule has 176 valence electrons. The smallest absolute Gasteiger partial charge is 0.349 e. The minimum atomic E-state index is -0.569. The Bertz CT molecular complexity index is 1110. The van der Waals surface area contributed by atoms with Gasteiger partial charge < -0.3 is 14.6 Å². The predicted octanol–water partition coefficient (Wildman–Crippen LogP) is 1.90. The summed E-state index contributed by atoms with van der Waals surface area (Å²) in [6, 6.07) is 1.85. The van der Waals surface area contributed by atoms with Crippen molar-refractivity contribution in [3.05, 3.63) is 60.8 Å². The van der Waals surface area contributed by atoms with Gasteiger partial charge in [-0.05, 0) is 57.8 Å². The Morgan fingerprint density at radius 1 is 1.12 bits per heavy atom. The summed E-state index contributed by atoms with van der Waals surface area (Å²) in [7, 11) is 1.71. The zero-order valence-electron chi connectivity index (χ0n) is 18.6. The van der Waals surface area contributed by atoms with E-state index in [9.17, 15) is 14.4 Å². The van der Waals surface area contributed by atoms with Gasteiger partial charge in [0.15, 0.2) is 0 Å². The van der Waals surface area contributed by atoms with Gasteiger partial charge in [0.2, 0.25) is 0 Å². The summed E-state index contributed by atoms with van der Waals surface area (Å²) < 4.78 is 7.12. The highest BCUT2D eigenvalue weighted by molar-refractivity contribution is 5.95. The van der Waals surface area contributed by atoms with E-state index in [1.807, 2.05) is 6.07 Å². The summed E-state index contributed by atoms with van der Waals surface area (Å²) in [4.78, 5) is 44.7. The molecule has 0 spiro atoms. The van der Waals surface area contributed by atoms with Gasteiger partial charge in [-0.15, -0.1) is 24.8 Å². The summed E-state index contributed by atoms with van der Waals surface area (Å²) >= 11 is 0. The lowest BCUT2D eigenvalue weighted by atomic mass is 9.94. The number of hydrogen-bond acceptors (Lipinski definition) is 6. The van der Waals surface area contributed by atoms with Gasteiger partial charge in [0.05, 0.1) is 5.69 Å². The Labute approximate surface area is 199 Å². The molecule has 2 aliphatic rings. The number of carbonyl (C=O) groups is 1. The summed E-state index contributed by atoms with van der Waals surface area (Å²) in [6.45, 7) is 6.18.